The van der Waals surface area contributed by atoms with E-state index in [1.165, 1.54) is 21.3 Å². The standard InChI is InChI=1S/C20H24N6O4/c1-28-15-12-14(13-16(29-2)19(15)30-3)23-20(27)22-9-8-21-17-6-7-18(25-24-17)26-10-4-5-11-26/h4-7,10-13H,8-9H2,1-3H3,(H,21,24)(H2,22,23,27). The number of benzene rings is 1. The van der Waals surface area contributed by atoms with Crippen LogP contribution in [0, 0.1) is 0 Å². The molecule has 0 aliphatic rings. The van der Waals surface area contributed by atoms with Gasteiger partial charge >= 0.3 is 6.03 Å². The molecule has 3 aromatic rings. The van der Waals surface area contributed by atoms with E-state index in [2.05, 4.69) is 26.1 Å². The van der Waals surface area contributed by atoms with Gasteiger partial charge < -0.3 is 34.7 Å². The van der Waals surface area contributed by atoms with Gasteiger partial charge in [0.25, 0.3) is 0 Å². The van der Waals surface area contributed by atoms with Crippen molar-refractivity contribution >= 4 is 17.5 Å². The molecule has 0 saturated carbocycles. The van der Waals surface area contributed by atoms with Crippen molar-refractivity contribution < 1.29 is 19.0 Å². The predicted octanol–water partition coefficient (Wildman–Crippen LogP) is 2.53. The van der Waals surface area contributed by atoms with Crippen molar-refractivity contribution in [2.45, 2.75) is 0 Å². The first kappa shape index (κ1) is 20.8. The summed E-state index contributed by atoms with van der Waals surface area (Å²) in [5.74, 6) is 2.72. The summed E-state index contributed by atoms with van der Waals surface area (Å²) in [6.07, 6.45) is 3.79. The fourth-order valence-corrected chi connectivity index (χ4v) is 2.74. The molecule has 0 aliphatic carbocycles. The van der Waals surface area contributed by atoms with Gasteiger partial charge in [0, 0.05) is 37.6 Å². The van der Waals surface area contributed by atoms with Gasteiger partial charge in [-0.25, -0.2) is 4.79 Å². The van der Waals surface area contributed by atoms with E-state index in [0.717, 1.165) is 5.82 Å². The Balaban J connectivity index is 1.47. The molecule has 2 aromatic heterocycles. The van der Waals surface area contributed by atoms with E-state index in [1.54, 1.807) is 12.1 Å². The van der Waals surface area contributed by atoms with Crippen LogP contribution < -0.4 is 30.2 Å². The molecule has 3 rings (SSSR count). The zero-order valence-corrected chi connectivity index (χ0v) is 17.0. The largest absolute Gasteiger partial charge is 0.493 e. The molecule has 0 bridgehead atoms. The molecule has 0 atom stereocenters. The van der Waals surface area contributed by atoms with Crippen molar-refractivity contribution in [1.82, 2.24) is 20.1 Å². The molecule has 0 saturated heterocycles. The normalized spacial score (nSPS) is 10.2. The number of rotatable bonds is 9. The Bertz CT molecular complexity index is 935. The molecule has 30 heavy (non-hydrogen) atoms. The molecule has 0 aliphatic heterocycles. The first-order valence-electron chi connectivity index (χ1n) is 9.20. The van der Waals surface area contributed by atoms with Gasteiger partial charge in [0.15, 0.2) is 17.3 Å². The van der Waals surface area contributed by atoms with Crippen molar-refractivity contribution in [1.29, 1.82) is 0 Å². The number of urea groups is 1. The lowest BCUT2D eigenvalue weighted by Gasteiger charge is -2.15. The minimum Gasteiger partial charge on any atom is -0.493 e. The second-order valence-electron chi connectivity index (χ2n) is 6.09. The average molecular weight is 412 g/mol. The Hall–Kier alpha value is -3.95. The molecule has 0 unspecified atom stereocenters. The minimum absolute atomic E-state index is 0.361. The van der Waals surface area contributed by atoms with Crippen LogP contribution in [-0.4, -0.2) is 55.2 Å². The van der Waals surface area contributed by atoms with E-state index in [4.69, 9.17) is 14.2 Å². The van der Waals surface area contributed by atoms with Crippen LogP contribution in [0.15, 0.2) is 48.8 Å². The zero-order valence-electron chi connectivity index (χ0n) is 17.0. The molecular formula is C20H24N6O4. The Labute approximate surface area is 174 Å². The van der Waals surface area contributed by atoms with E-state index in [-0.39, 0.29) is 6.03 Å². The predicted molar refractivity (Wildman–Crippen MR) is 113 cm³/mol. The maximum Gasteiger partial charge on any atom is 0.319 e. The molecule has 0 spiro atoms. The van der Waals surface area contributed by atoms with Crippen LogP contribution in [-0.2, 0) is 0 Å². The maximum absolute atomic E-state index is 12.2. The smallest absolute Gasteiger partial charge is 0.319 e. The van der Waals surface area contributed by atoms with Gasteiger partial charge in [-0.3, -0.25) is 0 Å². The van der Waals surface area contributed by atoms with Crippen LogP contribution in [0.25, 0.3) is 5.82 Å². The van der Waals surface area contributed by atoms with Gasteiger partial charge in [-0.15, -0.1) is 10.2 Å². The maximum atomic E-state index is 12.2. The summed E-state index contributed by atoms with van der Waals surface area (Å²) in [6, 6.07) is 10.5. The summed E-state index contributed by atoms with van der Waals surface area (Å²) >= 11 is 0. The lowest BCUT2D eigenvalue weighted by Crippen LogP contribution is -2.32. The summed E-state index contributed by atoms with van der Waals surface area (Å²) in [4.78, 5) is 12.2. The van der Waals surface area contributed by atoms with Gasteiger partial charge in [0.05, 0.1) is 27.0 Å². The molecule has 0 fully saturated rings. The Morgan fingerprint density at radius 2 is 1.67 bits per heavy atom. The summed E-state index contributed by atoms with van der Waals surface area (Å²) < 4.78 is 17.7. The van der Waals surface area contributed by atoms with E-state index < -0.39 is 0 Å². The number of nitrogens with one attached hydrogen (secondary N) is 3. The van der Waals surface area contributed by atoms with Crippen LogP contribution in [0.1, 0.15) is 0 Å². The Kier molecular flexibility index (Phi) is 6.93. The van der Waals surface area contributed by atoms with Gasteiger partial charge in [0.1, 0.15) is 5.82 Å². The molecular weight excluding hydrogens is 388 g/mol. The number of hydrogen-bond donors (Lipinski definition) is 3. The van der Waals surface area contributed by atoms with Crippen LogP contribution in [0.3, 0.4) is 0 Å². The first-order valence-corrected chi connectivity index (χ1v) is 9.20. The number of amides is 2. The molecule has 0 radical (unpaired) electrons. The molecule has 3 N–H and O–H groups in total. The highest BCUT2D eigenvalue weighted by molar-refractivity contribution is 5.90. The lowest BCUT2D eigenvalue weighted by molar-refractivity contribution is 0.252. The number of ether oxygens (including phenoxy) is 3. The van der Waals surface area contributed by atoms with Crippen molar-refractivity contribution in [2.24, 2.45) is 0 Å². The second-order valence-corrected chi connectivity index (χ2v) is 6.09. The summed E-state index contributed by atoms with van der Waals surface area (Å²) in [7, 11) is 4.55. The number of nitrogens with zero attached hydrogens (tertiary/aromatic N) is 3. The number of methoxy groups -OCH3 is 3. The third kappa shape index (κ3) is 5.10. The molecule has 2 heterocycles. The quantitative estimate of drug-likeness (QED) is 0.463. The summed E-state index contributed by atoms with van der Waals surface area (Å²) in [6.45, 7) is 0.873. The fraction of sp³-hybridized carbons (Fsp3) is 0.250. The van der Waals surface area contributed by atoms with Crippen LogP contribution >= 0.6 is 0 Å². The molecule has 158 valence electrons. The highest BCUT2D eigenvalue weighted by atomic mass is 16.5. The highest BCUT2D eigenvalue weighted by Crippen LogP contribution is 2.39. The molecule has 2 amide bonds. The lowest BCUT2D eigenvalue weighted by atomic mass is 10.2. The van der Waals surface area contributed by atoms with Crippen molar-refractivity contribution in [3.63, 3.8) is 0 Å². The van der Waals surface area contributed by atoms with Crippen molar-refractivity contribution in [3.8, 4) is 23.1 Å². The summed E-state index contributed by atoms with van der Waals surface area (Å²) in [5, 5.41) is 16.9. The van der Waals surface area contributed by atoms with E-state index in [0.29, 0.717) is 41.8 Å². The molecule has 10 nitrogen and oxygen atoms in total. The monoisotopic (exact) mass is 412 g/mol. The Morgan fingerprint density at radius 1 is 0.967 bits per heavy atom. The van der Waals surface area contributed by atoms with Crippen LogP contribution in [0.5, 0.6) is 17.2 Å². The van der Waals surface area contributed by atoms with Crippen LogP contribution in [0.4, 0.5) is 16.3 Å². The summed E-state index contributed by atoms with van der Waals surface area (Å²) in [5.41, 5.74) is 0.515. The molecule has 1 aromatic carbocycles. The van der Waals surface area contributed by atoms with Crippen molar-refractivity contribution in [2.75, 3.05) is 45.1 Å². The number of carbonyl (C=O) groups is 1. The zero-order chi connectivity index (χ0) is 21.3. The molecule has 10 heteroatoms. The van der Waals surface area contributed by atoms with E-state index in [1.807, 2.05) is 41.2 Å². The van der Waals surface area contributed by atoms with Gasteiger partial charge in [-0.2, -0.15) is 0 Å². The minimum atomic E-state index is -0.361. The topological polar surface area (TPSA) is 112 Å². The second kappa shape index (κ2) is 10.0. The van der Waals surface area contributed by atoms with Gasteiger partial charge in [0.2, 0.25) is 5.75 Å². The van der Waals surface area contributed by atoms with E-state index >= 15 is 0 Å². The third-order valence-corrected chi connectivity index (χ3v) is 4.16. The number of hydrogen-bond acceptors (Lipinski definition) is 7. The number of aromatic nitrogens is 3. The fourth-order valence-electron chi connectivity index (χ4n) is 2.74. The highest BCUT2D eigenvalue weighted by Gasteiger charge is 2.14. The SMILES string of the molecule is COc1cc(NC(=O)NCCNc2ccc(-n3cccc3)nn2)cc(OC)c1OC. The number of anilines is 2. The van der Waals surface area contributed by atoms with Crippen molar-refractivity contribution in [3.05, 3.63) is 48.8 Å². The van der Waals surface area contributed by atoms with Gasteiger partial charge in [-0.05, 0) is 24.3 Å². The third-order valence-electron chi connectivity index (χ3n) is 4.16. The number of carbonyl (C=O) groups excluding carboxylic acids is 1. The van der Waals surface area contributed by atoms with Gasteiger partial charge in [-0.1, -0.05) is 0 Å². The van der Waals surface area contributed by atoms with Crippen LogP contribution in [0.2, 0.25) is 0 Å². The first-order chi connectivity index (χ1) is 14.6. The average Bonchev–Trinajstić information content (AvgIpc) is 3.31. The van der Waals surface area contributed by atoms with E-state index in [9.17, 15) is 4.79 Å². The Morgan fingerprint density at radius 3 is 2.23 bits per heavy atom.